The van der Waals surface area contributed by atoms with Crippen LogP contribution in [0.4, 0.5) is 0 Å². The minimum Gasteiger partial charge on any atom is -0.339 e. The van der Waals surface area contributed by atoms with Crippen LogP contribution in [-0.2, 0) is 4.79 Å². The number of hydrogen-bond donors (Lipinski definition) is 1. The second-order valence-electron chi connectivity index (χ2n) is 5.28. The van der Waals surface area contributed by atoms with Crippen molar-refractivity contribution in [3.8, 4) is 0 Å². The zero-order chi connectivity index (χ0) is 15.4. The normalized spacial score (nSPS) is 14.9. The largest absolute Gasteiger partial charge is 0.339 e. The molecule has 1 aliphatic heterocycles. The summed E-state index contributed by atoms with van der Waals surface area (Å²) in [5.74, 6) is -0.152. The number of piperazine rings is 1. The van der Waals surface area contributed by atoms with E-state index in [1.54, 1.807) is 18.0 Å². The molecule has 21 heavy (non-hydrogen) atoms. The van der Waals surface area contributed by atoms with E-state index in [0.29, 0.717) is 18.7 Å². The molecule has 0 aliphatic carbocycles. The van der Waals surface area contributed by atoms with Gasteiger partial charge in [0.1, 0.15) is 0 Å². The van der Waals surface area contributed by atoms with Gasteiger partial charge in [-0.05, 0) is 40.5 Å². The highest BCUT2D eigenvalue weighted by Gasteiger charge is 2.21. The minimum atomic E-state index is -0.148. The molecule has 1 saturated heterocycles. The maximum atomic E-state index is 12.4. The molecule has 0 saturated carbocycles. The van der Waals surface area contributed by atoms with Crippen LogP contribution in [-0.4, -0.2) is 61.4 Å². The molecule has 114 valence electrons. The molecule has 6 heteroatoms. The number of carbonyl (C=O) groups excluding carboxylic acids is 2. The molecule has 1 aliphatic rings. The molecule has 1 fully saturated rings. The van der Waals surface area contributed by atoms with Gasteiger partial charge in [-0.3, -0.25) is 9.59 Å². The Kier molecular flexibility index (Phi) is 5.36. The molecule has 1 aromatic carbocycles. The van der Waals surface area contributed by atoms with E-state index in [0.717, 1.165) is 23.1 Å². The average Bonchev–Trinajstić information content (AvgIpc) is 2.47. The highest BCUT2D eigenvalue weighted by Crippen LogP contribution is 2.19. The Balaban J connectivity index is 2.00. The van der Waals surface area contributed by atoms with E-state index >= 15 is 0 Å². The van der Waals surface area contributed by atoms with Crippen molar-refractivity contribution in [2.24, 2.45) is 0 Å². The lowest BCUT2D eigenvalue weighted by Crippen LogP contribution is -2.49. The van der Waals surface area contributed by atoms with Crippen LogP contribution in [0.25, 0.3) is 0 Å². The molecule has 1 heterocycles. The molecule has 2 amide bonds. The molecule has 1 N–H and O–H groups in total. The molecule has 0 atom stereocenters. The smallest absolute Gasteiger partial charge is 0.255 e. The fourth-order valence-electron chi connectivity index (χ4n) is 2.29. The van der Waals surface area contributed by atoms with Gasteiger partial charge in [0.05, 0.1) is 12.1 Å². The molecule has 0 radical (unpaired) electrons. The van der Waals surface area contributed by atoms with Gasteiger partial charge in [-0.1, -0.05) is 6.07 Å². The third-order valence-corrected chi connectivity index (χ3v) is 4.20. The summed E-state index contributed by atoms with van der Waals surface area (Å²) in [6.45, 7) is 5.11. The molecule has 0 unspecified atom stereocenters. The highest BCUT2D eigenvalue weighted by atomic mass is 79.9. The van der Waals surface area contributed by atoms with Crippen LogP contribution in [0.3, 0.4) is 0 Å². The van der Waals surface area contributed by atoms with E-state index < -0.39 is 0 Å². The molecule has 2 rings (SSSR count). The lowest BCUT2D eigenvalue weighted by atomic mass is 10.1. The topological polar surface area (TPSA) is 52.7 Å². The van der Waals surface area contributed by atoms with E-state index in [1.165, 1.54) is 4.90 Å². The van der Waals surface area contributed by atoms with Crippen LogP contribution in [0.2, 0.25) is 0 Å². The number of nitrogens with zero attached hydrogens (tertiary/aromatic N) is 2. The quantitative estimate of drug-likeness (QED) is 0.889. The van der Waals surface area contributed by atoms with Crippen LogP contribution in [0.1, 0.15) is 15.9 Å². The third kappa shape index (κ3) is 4.04. The molecule has 0 bridgehead atoms. The Labute approximate surface area is 133 Å². The summed E-state index contributed by atoms with van der Waals surface area (Å²) in [5.41, 5.74) is 1.66. The van der Waals surface area contributed by atoms with Gasteiger partial charge in [0.15, 0.2) is 0 Å². The van der Waals surface area contributed by atoms with Crippen molar-refractivity contribution in [2.45, 2.75) is 6.92 Å². The summed E-state index contributed by atoms with van der Waals surface area (Å²) in [6, 6.07) is 5.58. The number of rotatable bonds is 3. The predicted octanol–water partition coefficient (Wildman–Crippen LogP) is 1.26. The van der Waals surface area contributed by atoms with Gasteiger partial charge in [-0.25, -0.2) is 0 Å². The van der Waals surface area contributed by atoms with Crippen molar-refractivity contribution in [3.63, 3.8) is 0 Å². The fraction of sp³-hybridized carbons (Fsp3) is 0.467. The maximum absolute atomic E-state index is 12.4. The van der Waals surface area contributed by atoms with Crippen molar-refractivity contribution in [1.29, 1.82) is 0 Å². The van der Waals surface area contributed by atoms with E-state index in [4.69, 9.17) is 0 Å². The lowest BCUT2D eigenvalue weighted by molar-refractivity contribution is -0.132. The predicted molar refractivity (Wildman–Crippen MR) is 85.3 cm³/mol. The van der Waals surface area contributed by atoms with Gasteiger partial charge < -0.3 is 15.1 Å². The molecule has 5 nitrogen and oxygen atoms in total. The van der Waals surface area contributed by atoms with E-state index in [1.807, 2.05) is 19.1 Å². The molecule has 0 spiro atoms. The Morgan fingerprint density at radius 1 is 1.33 bits per heavy atom. The van der Waals surface area contributed by atoms with Crippen LogP contribution in [0.15, 0.2) is 22.7 Å². The first-order valence-corrected chi connectivity index (χ1v) is 7.78. The molecule has 1 aromatic rings. The van der Waals surface area contributed by atoms with Crippen molar-refractivity contribution in [2.75, 3.05) is 39.8 Å². The number of halogens is 1. The fourth-order valence-corrected chi connectivity index (χ4v) is 2.95. The third-order valence-electron chi connectivity index (χ3n) is 3.54. The molecular weight excluding hydrogens is 334 g/mol. The van der Waals surface area contributed by atoms with Gasteiger partial charge in [0, 0.05) is 37.7 Å². The molecule has 0 aromatic heterocycles. The van der Waals surface area contributed by atoms with Gasteiger partial charge in [0.2, 0.25) is 5.91 Å². The number of likely N-dealkylation sites (N-methyl/N-ethyl adjacent to an activating group) is 1. The summed E-state index contributed by atoms with van der Waals surface area (Å²) in [7, 11) is 1.66. The first-order valence-electron chi connectivity index (χ1n) is 6.99. The first-order chi connectivity index (χ1) is 9.99. The lowest BCUT2D eigenvalue weighted by Gasteiger charge is -2.29. The summed E-state index contributed by atoms with van der Waals surface area (Å²) in [5, 5.41) is 3.20. The van der Waals surface area contributed by atoms with Crippen molar-refractivity contribution >= 4 is 27.7 Å². The zero-order valence-corrected chi connectivity index (χ0v) is 13.9. The van der Waals surface area contributed by atoms with Crippen LogP contribution >= 0.6 is 15.9 Å². The second-order valence-corrected chi connectivity index (χ2v) is 6.13. The Bertz CT molecular complexity index is 542. The zero-order valence-electron chi connectivity index (χ0n) is 12.4. The number of benzene rings is 1. The first kappa shape index (κ1) is 16.0. The number of nitrogens with one attached hydrogen (secondary N) is 1. The van der Waals surface area contributed by atoms with E-state index in [2.05, 4.69) is 21.2 Å². The van der Waals surface area contributed by atoms with Crippen molar-refractivity contribution in [1.82, 2.24) is 15.1 Å². The monoisotopic (exact) mass is 353 g/mol. The van der Waals surface area contributed by atoms with E-state index in [-0.39, 0.29) is 18.4 Å². The number of aryl methyl sites for hydroxylation is 1. The van der Waals surface area contributed by atoms with Gasteiger partial charge in [-0.15, -0.1) is 0 Å². The number of carbonyl (C=O) groups is 2. The minimum absolute atomic E-state index is 0.00409. The molecular formula is C15H20BrN3O2. The van der Waals surface area contributed by atoms with Crippen molar-refractivity contribution < 1.29 is 9.59 Å². The van der Waals surface area contributed by atoms with Gasteiger partial charge >= 0.3 is 0 Å². The number of amides is 2. The van der Waals surface area contributed by atoms with Crippen LogP contribution in [0.5, 0.6) is 0 Å². The number of hydrogen-bond acceptors (Lipinski definition) is 3. The highest BCUT2D eigenvalue weighted by molar-refractivity contribution is 9.10. The Morgan fingerprint density at radius 3 is 2.62 bits per heavy atom. The second kappa shape index (κ2) is 7.04. The van der Waals surface area contributed by atoms with Gasteiger partial charge in [-0.2, -0.15) is 0 Å². The Hall–Kier alpha value is -1.40. The SMILES string of the molecule is Cc1ccc(C(=O)N(C)CC(=O)N2CCNCC2)c(Br)c1. The standard InChI is InChI=1S/C15H20BrN3O2/c1-11-3-4-12(13(16)9-11)15(21)18(2)10-14(20)19-7-5-17-6-8-19/h3-4,9,17H,5-8,10H2,1-2H3. The maximum Gasteiger partial charge on any atom is 0.255 e. The Morgan fingerprint density at radius 2 is 2.00 bits per heavy atom. The van der Waals surface area contributed by atoms with Crippen LogP contribution in [0, 0.1) is 6.92 Å². The summed E-state index contributed by atoms with van der Waals surface area (Å²) < 4.78 is 0.758. The van der Waals surface area contributed by atoms with Crippen LogP contribution < -0.4 is 5.32 Å². The van der Waals surface area contributed by atoms with Crippen molar-refractivity contribution in [3.05, 3.63) is 33.8 Å². The van der Waals surface area contributed by atoms with Gasteiger partial charge in [0.25, 0.3) is 5.91 Å². The summed E-state index contributed by atoms with van der Waals surface area (Å²) in [4.78, 5) is 27.9. The van der Waals surface area contributed by atoms with E-state index in [9.17, 15) is 9.59 Å². The summed E-state index contributed by atoms with van der Waals surface area (Å²) >= 11 is 3.41. The summed E-state index contributed by atoms with van der Waals surface area (Å²) in [6.07, 6.45) is 0. The average molecular weight is 354 g/mol.